The van der Waals surface area contributed by atoms with Crippen LogP contribution in [0.15, 0.2) is 36.4 Å². The van der Waals surface area contributed by atoms with Crippen molar-refractivity contribution in [2.75, 3.05) is 36.5 Å². The van der Waals surface area contributed by atoms with E-state index in [1.54, 1.807) is 18.2 Å². The van der Waals surface area contributed by atoms with E-state index in [9.17, 15) is 14.9 Å². The molecule has 2 aromatic rings. The maximum absolute atomic E-state index is 12.4. The Labute approximate surface area is 161 Å². The molecule has 0 aromatic heterocycles. The van der Waals surface area contributed by atoms with E-state index in [0.29, 0.717) is 10.7 Å². The van der Waals surface area contributed by atoms with Gasteiger partial charge < -0.3 is 20.4 Å². The highest BCUT2D eigenvalue weighted by Crippen LogP contribution is 2.29. The second-order valence-corrected chi connectivity index (χ2v) is 6.22. The fraction of sp³-hybridized carbons (Fsp3) is 0.278. The number of hydrogen-bond acceptors (Lipinski definition) is 6. The van der Waals surface area contributed by atoms with Crippen molar-refractivity contribution in [1.29, 1.82) is 0 Å². The van der Waals surface area contributed by atoms with Crippen molar-refractivity contribution in [2.24, 2.45) is 0 Å². The third-order valence-electron chi connectivity index (χ3n) is 3.94. The van der Waals surface area contributed by atoms with Crippen molar-refractivity contribution < 1.29 is 19.9 Å². The molecule has 0 saturated heterocycles. The van der Waals surface area contributed by atoms with E-state index in [0.717, 1.165) is 5.56 Å². The smallest absolute Gasteiger partial charge is 0.293 e. The third-order valence-corrected chi connectivity index (χ3v) is 4.35. The van der Waals surface area contributed by atoms with Gasteiger partial charge in [0, 0.05) is 35.4 Å². The number of aliphatic hydroxyl groups is 2. The van der Waals surface area contributed by atoms with E-state index in [-0.39, 0.29) is 43.2 Å². The van der Waals surface area contributed by atoms with Gasteiger partial charge in [-0.1, -0.05) is 17.7 Å². The lowest BCUT2D eigenvalue weighted by atomic mass is 10.1. The number of halogens is 1. The molecule has 0 fully saturated rings. The Balaban J connectivity index is 2.31. The third kappa shape index (κ3) is 5.16. The van der Waals surface area contributed by atoms with Crippen LogP contribution in [-0.4, -0.2) is 47.3 Å². The maximum atomic E-state index is 12.4. The first kappa shape index (κ1) is 20.6. The molecule has 1 amide bonds. The lowest BCUT2D eigenvalue weighted by Gasteiger charge is -2.22. The predicted molar refractivity (Wildman–Crippen MR) is 104 cm³/mol. The quantitative estimate of drug-likeness (QED) is 0.469. The van der Waals surface area contributed by atoms with E-state index >= 15 is 0 Å². The maximum Gasteiger partial charge on any atom is 0.293 e. The molecule has 0 aliphatic carbocycles. The Kier molecular flexibility index (Phi) is 7.12. The number of nitrogens with one attached hydrogen (secondary N) is 1. The number of nitro benzene ring substituents is 1. The van der Waals surface area contributed by atoms with E-state index in [1.165, 1.54) is 23.1 Å². The van der Waals surface area contributed by atoms with Crippen LogP contribution in [0.25, 0.3) is 0 Å². The summed E-state index contributed by atoms with van der Waals surface area (Å²) >= 11 is 6.04. The van der Waals surface area contributed by atoms with E-state index < -0.39 is 10.8 Å². The number of aliphatic hydroxyl groups excluding tert-OH is 2. The van der Waals surface area contributed by atoms with Gasteiger partial charge in [0.2, 0.25) is 0 Å². The Morgan fingerprint density at radius 3 is 2.41 bits per heavy atom. The Morgan fingerprint density at radius 2 is 1.85 bits per heavy atom. The van der Waals surface area contributed by atoms with Crippen LogP contribution in [-0.2, 0) is 0 Å². The van der Waals surface area contributed by atoms with Gasteiger partial charge in [0.1, 0.15) is 5.69 Å². The summed E-state index contributed by atoms with van der Waals surface area (Å²) in [7, 11) is 0. The standard InChI is InChI=1S/C18H20ClN3O5/c1-12-2-4-14(11-15(12)19)20-18(25)13-3-5-16(17(10-13)22(26)27)21(6-8-23)7-9-24/h2-5,10-11,23-24H,6-9H2,1H3,(H,20,25). The van der Waals surface area contributed by atoms with Crippen LogP contribution < -0.4 is 10.2 Å². The molecule has 9 heteroatoms. The molecule has 0 heterocycles. The lowest BCUT2D eigenvalue weighted by molar-refractivity contribution is -0.384. The van der Waals surface area contributed by atoms with Crippen molar-refractivity contribution in [3.05, 3.63) is 62.7 Å². The number of nitro groups is 1. The minimum Gasteiger partial charge on any atom is -0.395 e. The van der Waals surface area contributed by atoms with Crippen molar-refractivity contribution >= 4 is 34.6 Å². The molecule has 2 rings (SSSR count). The number of anilines is 2. The zero-order valence-corrected chi connectivity index (χ0v) is 15.4. The summed E-state index contributed by atoms with van der Waals surface area (Å²) in [6.07, 6.45) is 0. The van der Waals surface area contributed by atoms with E-state index in [2.05, 4.69) is 5.32 Å². The van der Waals surface area contributed by atoms with Gasteiger partial charge in [0.25, 0.3) is 11.6 Å². The molecule has 27 heavy (non-hydrogen) atoms. The molecule has 0 spiro atoms. The number of rotatable bonds is 8. The molecule has 0 saturated carbocycles. The summed E-state index contributed by atoms with van der Waals surface area (Å²) in [5.74, 6) is -0.513. The van der Waals surface area contributed by atoms with Crippen LogP contribution in [0.3, 0.4) is 0 Å². The first-order valence-electron chi connectivity index (χ1n) is 8.20. The Hall–Kier alpha value is -2.68. The molecule has 2 aromatic carbocycles. The van der Waals surface area contributed by atoms with Crippen LogP contribution in [0.2, 0.25) is 5.02 Å². The Morgan fingerprint density at radius 1 is 1.19 bits per heavy atom. The Bertz CT molecular complexity index is 838. The molecular formula is C18H20ClN3O5. The monoisotopic (exact) mass is 393 g/mol. The summed E-state index contributed by atoms with van der Waals surface area (Å²) < 4.78 is 0. The molecule has 0 aliphatic rings. The highest BCUT2D eigenvalue weighted by Gasteiger charge is 2.21. The van der Waals surface area contributed by atoms with E-state index in [4.69, 9.17) is 21.8 Å². The fourth-order valence-electron chi connectivity index (χ4n) is 2.55. The summed E-state index contributed by atoms with van der Waals surface area (Å²) in [5, 5.41) is 32.9. The number of carbonyl (C=O) groups excluding carboxylic acids is 1. The first-order valence-corrected chi connectivity index (χ1v) is 8.57. The summed E-state index contributed by atoms with van der Waals surface area (Å²) in [6.45, 7) is 1.62. The van der Waals surface area contributed by atoms with Crippen molar-refractivity contribution in [3.8, 4) is 0 Å². The molecule has 0 radical (unpaired) electrons. The second-order valence-electron chi connectivity index (χ2n) is 5.81. The van der Waals surface area contributed by atoms with Gasteiger partial charge in [0.05, 0.1) is 18.1 Å². The molecule has 0 bridgehead atoms. The zero-order chi connectivity index (χ0) is 20.0. The number of aryl methyl sites for hydroxylation is 1. The zero-order valence-electron chi connectivity index (χ0n) is 14.7. The molecule has 8 nitrogen and oxygen atoms in total. The molecular weight excluding hydrogens is 374 g/mol. The number of hydrogen-bond donors (Lipinski definition) is 3. The number of carbonyl (C=O) groups is 1. The van der Waals surface area contributed by atoms with Crippen LogP contribution in [0, 0.1) is 17.0 Å². The van der Waals surface area contributed by atoms with Crippen LogP contribution in [0.4, 0.5) is 17.1 Å². The van der Waals surface area contributed by atoms with Gasteiger partial charge in [-0.05, 0) is 36.8 Å². The van der Waals surface area contributed by atoms with Gasteiger partial charge in [-0.25, -0.2) is 0 Å². The largest absolute Gasteiger partial charge is 0.395 e. The van der Waals surface area contributed by atoms with Gasteiger partial charge in [-0.2, -0.15) is 0 Å². The number of nitrogens with zero attached hydrogens (tertiary/aromatic N) is 2. The molecule has 3 N–H and O–H groups in total. The fourth-order valence-corrected chi connectivity index (χ4v) is 2.73. The van der Waals surface area contributed by atoms with Crippen molar-refractivity contribution in [1.82, 2.24) is 0 Å². The highest BCUT2D eigenvalue weighted by molar-refractivity contribution is 6.31. The second kappa shape index (κ2) is 9.31. The normalized spacial score (nSPS) is 10.5. The van der Waals surface area contributed by atoms with Crippen molar-refractivity contribution in [3.63, 3.8) is 0 Å². The van der Waals surface area contributed by atoms with Crippen LogP contribution in [0.5, 0.6) is 0 Å². The summed E-state index contributed by atoms with van der Waals surface area (Å²) in [5.41, 5.74) is 1.38. The van der Waals surface area contributed by atoms with Crippen LogP contribution in [0.1, 0.15) is 15.9 Å². The van der Waals surface area contributed by atoms with Gasteiger partial charge in [0.15, 0.2) is 0 Å². The summed E-state index contributed by atoms with van der Waals surface area (Å²) in [4.78, 5) is 24.8. The first-order chi connectivity index (χ1) is 12.9. The molecule has 0 aliphatic heterocycles. The van der Waals surface area contributed by atoms with E-state index in [1.807, 2.05) is 6.92 Å². The predicted octanol–water partition coefficient (Wildman–Crippen LogP) is 2.60. The minimum atomic E-state index is -0.601. The molecule has 0 atom stereocenters. The number of amides is 1. The molecule has 144 valence electrons. The SMILES string of the molecule is Cc1ccc(NC(=O)c2ccc(N(CCO)CCO)c([N+](=O)[O-])c2)cc1Cl. The highest BCUT2D eigenvalue weighted by atomic mass is 35.5. The van der Waals surface area contributed by atoms with Crippen molar-refractivity contribution in [2.45, 2.75) is 6.92 Å². The van der Waals surface area contributed by atoms with Gasteiger partial charge in [-0.15, -0.1) is 0 Å². The number of benzene rings is 2. The average Bonchev–Trinajstić information content (AvgIpc) is 2.64. The summed E-state index contributed by atoms with van der Waals surface area (Å²) in [6, 6.07) is 9.09. The minimum absolute atomic E-state index is 0.107. The molecule has 0 unspecified atom stereocenters. The average molecular weight is 394 g/mol. The topological polar surface area (TPSA) is 116 Å². The van der Waals surface area contributed by atoms with Crippen LogP contribution >= 0.6 is 11.6 Å². The van der Waals surface area contributed by atoms with Gasteiger partial charge in [-0.3, -0.25) is 14.9 Å². The van der Waals surface area contributed by atoms with Gasteiger partial charge >= 0.3 is 0 Å². The lowest BCUT2D eigenvalue weighted by Crippen LogP contribution is -2.30.